The van der Waals surface area contributed by atoms with E-state index in [2.05, 4.69) is 42.3 Å². The number of nitrogens with one attached hydrogen (secondary N) is 1. The minimum absolute atomic E-state index is 0.0199. The summed E-state index contributed by atoms with van der Waals surface area (Å²) in [7, 11) is 2.98. The summed E-state index contributed by atoms with van der Waals surface area (Å²) in [4.78, 5) is 15.3. The van der Waals surface area contributed by atoms with Crippen molar-refractivity contribution in [2.45, 2.75) is 81.7 Å². The number of nitrogens with zero attached hydrogens (tertiary/aromatic N) is 6. The summed E-state index contributed by atoms with van der Waals surface area (Å²) >= 11 is 0. The van der Waals surface area contributed by atoms with Crippen molar-refractivity contribution in [2.24, 2.45) is 0 Å². The van der Waals surface area contributed by atoms with Crippen LogP contribution in [0.2, 0.25) is 0 Å². The first-order valence-electron chi connectivity index (χ1n) is 13.4. The monoisotopic (exact) mass is 535 g/mol. The number of piperidine rings is 2. The number of aromatic hydroxyl groups is 1. The van der Waals surface area contributed by atoms with Gasteiger partial charge in [0.2, 0.25) is 0 Å². The van der Waals surface area contributed by atoms with E-state index >= 15 is 4.39 Å². The lowest BCUT2D eigenvalue weighted by Gasteiger charge is -2.57. The number of anilines is 1. The average Bonchev–Trinajstić information content (AvgIpc) is 3.77. The van der Waals surface area contributed by atoms with Crippen molar-refractivity contribution in [1.29, 1.82) is 0 Å². The van der Waals surface area contributed by atoms with Crippen molar-refractivity contribution in [3.05, 3.63) is 30.6 Å². The molecule has 0 unspecified atom stereocenters. The highest BCUT2D eigenvalue weighted by Crippen LogP contribution is 2.46. The third-order valence-electron chi connectivity index (χ3n) is 8.36. The summed E-state index contributed by atoms with van der Waals surface area (Å²) in [5.41, 5.74) is 0.944. The van der Waals surface area contributed by atoms with Crippen LogP contribution in [0.25, 0.3) is 22.6 Å². The Morgan fingerprint density at radius 2 is 1.85 bits per heavy atom. The normalized spacial score (nSPS) is 28.1. The van der Waals surface area contributed by atoms with Gasteiger partial charge in [-0.3, -0.25) is 0 Å². The van der Waals surface area contributed by atoms with E-state index in [-0.39, 0.29) is 41.0 Å². The molecule has 3 fully saturated rings. The molecule has 4 heterocycles. The molecule has 4 atom stereocenters. The molecule has 2 N–H and O–H groups in total. The summed E-state index contributed by atoms with van der Waals surface area (Å²) < 4.78 is 26.4. The Morgan fingerprint density at radius 3 is 2.51 bits per heavy atom. The SMILES string of the molecule is COc1ncc(-c2ccc(-c3ncc(N(C4CC4)[C@H]4C[C@]5(C)CCC[C@@](C)(N5)[C@H]4F)nn3)c(O)c2)nc1OC. The second-order valence-corrected chi connectivity index (χ2v) is 11.4. The van der Waals surface area contributed by atoms with Gasteiger partial charge in [0.05, 0.1) is 43.9 Å². The lowest BCUT2D eigenvalue weighted by Crippen LogP contribution is -2.73. The van der Waals surface area contributed by atoms with Gasteiger partial charge in [0.25, 0.3) is 11.8 Å². The molecular weight excluding hydrogens is 501 g/mol. The maximum atomic E-state index is 16.0. The first-order valence-corrected chi connectivity index (χ1v) is 13.4. The zero-order valence-corrected chi connectivity index (χ0v) is 22.7. The first-order chi connectivity index (χ1) is 18.7. The Morgan fingerprint density at radius 1 is 1.05 bits per heavy atom. The number of halogens is 1. The minimum Gasteiger partial charge on any atom is -0.507 e. The van der Waals surface area contributed by atoms with E-state index < -0.39 is 11.7 Å². The first kappa shape index (κ1) is 25.7. The van der Waals surface area contributed by atoms with Crippen molar-refractivity contribution < 1.29 is 19.0 Å². The van der Waals surface area contributed by atoms with Gasteiger partial charge in [0.1, 0.15) is 11.9 Å². The molecule has 0 amide bonds. The highest BCUT2D eigenvalue weighted by Gasteiger charge is 2.55. The van der Waals surface area contributed by atoms with Gasteiger partial charge in [-0.1, -0.05) is 6.07 Å². The minimum atomic E-state index is -1.02. The Balaban J connectivity index is 1.26. The van der Waals surface area contributed by atoms with E-state index in [1.165, 1.54) is 14.2 Å². The Hall–Kier alpha value is -3.60. The Labute approximate surface area is 227 Å². The van der Waals surface area contributed by atoms with Crippen molar-refractivity contribution >= 4 is 5.82 Å². The van der Waals surface area contributed by atoms with Crippen molar-refractivity contribution in [3.8, 4) is 40.2 Å². The van der Waals surface area contributed by atoms with E-state index in [4.69, 9.17) is 9.47 Å². The van der Waals surface area contributed by atoms with Gasteiger partial charge < -0.3 is 24.8 Å². The van der Waals surface area contributed by atoms with E-state index in [9.17, 15) is 5.11 Å². The number of alkyl halides is 1. The van der Waals surface area contributed by atoms with Gasteiger partial charge in [-0.05, 0) is 64.5 Å². The molecule has 2 aliphatic heterocycles. The maximum absolute atomic E-state index is 16.0. The maximum Gasteiger partial charge on any atom is 0.278 e. The number of rotatable bonds is 7. The molecule has 206 valence electrons. The lowest BCUT2D eigenvalue weighted by molar-refractivity contribution is 0.000258. The molecule has 1 aliphatic carbocycles. The fourth-order valence-corrected chi connectivity index (χ4v) is 6.39. The van der Waals surface area contributed by atoms with Crippen LogP contribution in [0.15, 0.2) is 30.6 Å². The summed E-state index contributed by atoms with van der Waals surface area (Å²) in [6, 6.07) is 5.04. The molecule has 11 heteroatoms. The van der Waals surface area contributed by atoms with Crippen LogP contribution in [0.4, 0.5) is 10.2 Å². The lowest BCUT2D eigenvalue weighted by atomic mass is 9.68. The quantitative estimate of drug-likeness (QED) is 0.458. The molecule has 2 bridgehead atoms. The predicted octanol–water partition coefficient (Wildman–Crippen LogP) is 4.09. The molecule has 39 heavy (non-hydrogen) atoms. The zero-order valence-electron chi connectivity index (χ0n) is 22.7. The fourth-order valence-electron chi connectivity index (χ4n) is 6.39. The molecule has 1 saturated carbocycles. The third kappa shape index (κ3) is 4.62. The number of hydrogen-bond donors (Lipinski definition) is 2. The van der Waals surface area contributed by atoms with Crippen LogP contribution >= 0.6 is 0 Å². The Bertz CT molecular complexity index is 1370. The number of ether oxygens (including phenoxy) is 2. The van der Waals surface area contributed by atoms with Crippen LogP contribution in [0.1, 0.15) is 52.4 Å². The van der Waals surface area contributed by atoms with E-state index in [1.54, 1.807) is 30.6 Å². The smallest absolute Gasteiger partial charge is 0.278 e. The molecule has 2 saturated heterocycles. The van der Waals surface area contributed by atoms with Gasteiger partial charge in [0.15, 0.2) is 11.6 Å². The van der Waals surface area contributed by atoms with Crippen LogP contribution < -0.4 is 19.7 Å². The number of fused-ring (bicyclic) bond motifs is 2. The number of benzene rings is 1. The molecule has 2 aromatic heterocycles. The second kappa shape index (κ2) is 9.55. The average molecular weight is 536 g/mol. The third-order valence-corrected chi connectivity index (χ3v) is 8.36. The molecule has 3 aliphatic rings. The zero-order chi connectivity index (χ0) is 27.4. The van der Waals surface area contributed by atoms with Crippen LogP contribution in [0.5, 0.6) is 17.5 Å². The van der Waals surface area contributed by atoms with Crippen molar-refractivity contribution in [3.63, 3.8) is 0 Å². The number of methoxy groups -OCH3 is 2. The topological polar surface area (TPSA) is 118 Å². The van der Waals surface area contributed by atoms with Gasteiger partial charge in [-0.25, -0.2) is 19.3 Å². The van der Waals surface area contributed by atoms with E-state index in [0.29, 0.717) is 29.1 Å². The second-order valence-electron chi connectivity index (χ2n) is 11.4. The molecule has 0 radical (unpaired) electrons. The molecular formula is C28H34FN7O3. The number of aromatic nitrogens is 5. The van der Waals surface area contributed by atoms with Crippen molar-refractivity contribution in [2.75, 3.05) is 19.1 Å². The van der Waals surface area contributed by atoms with E-state index in [0.717, 1.165) is 32.1 Å². The van der Waals surface area contributed by atoms with Crippen LogP contribution in [0, 0.1) is 0 Å². The number of phenolic OH excluding ortho intramolecular Hbond substituents is 1. The predicted molar refractivity (Wildman–Crippen MR) is 144 cm³/mol. The number of hydrogen-bond acceptors (Lipinski definition) is 10. The number of phenols is 1. The Kier molecular flexibility index (Phi) is 6.28. The highest BCUT2D eigenvalue weighted by molar-refractivity contribution is 5.71. The fraction of sp³-hybridized carbons (Fsp3) is 0.536. The molecule has 0 spiro atoms. The molecule has 1 aromatic carbocycles. The van der Waals surface area contributed by atoms with E-state index in [1.807, 2.05) is 6.92 Å². The molecule has 10 nitrogen and oxygen atoms in total. The summed E-state index contributed by atoms with van der Waals surface area (Å²) in [5.74, 6) is 1.37. The van der Waals surface area contributed by atoms with Crippen LogP contribution in [-0.2, 0) is 0 Å². The highest BCUT2D eigenvalue weighted by atomic mass is 19.1. The summed E-state index contributed by atoms with van der Waals surface area (Å²) in [6.45, 7) is 4.22. The summed E-state index contributed by atoms with van der Waals surface area (Å²) in [6.07, 6.45) is 7.81. The largest absolute Gasteiger partial charge is 0.507 e. The van der Waals surface area contributed by atoms with Crippen LogP contribution in [-0.4, -0.2) is 73.8 Å². The summed E-state index contributed by atoms with van der Waals surface area (Å²) in [5, 5.41) is 23.3. The van der Waals surface area contributed by atoms with Gasteiger partial charge in [-0.2, -0.15) is 0 Å². The van der Waals surface area contributed by atoms with Gasteiger partial charge >= 0.3 is 0 Å². The van der Waals surface area contributed by atoms with Crippen LogP contribution in [0.3, 0.4) is 0 Å². The van der Waals surface area contributed by atoms with Gasteiger partial charge in [0, 0.05) is 22.7 Å². The molecule has 3 aromatic rings. The standard InChI is InChI=1S/C28H34FN7O3/c1-27-10-5-11-28(2,35-27)23(29)20(13-27)36(17-7-8-17)22-15-30-24(34-33-22)18-9-6-16(12-21(18)37)19-14-31-25(38-3)26(32-19)39-4/h6,9,12,14-15,17,20,23,35,37H,5,7-8,10-11,13H2,1-4H3/t20-,23-,27-,28+/m0/s1. The van der Waals surface area contributed by atoms with Gasteiger partial charge in [-0.15, -0.1) is 10.2 Å². The van der Waals surface area contributed by atoms with Crippen molar-refractivity contribution in [1.82, 2.24) is 30.5 Å². The molecule has 6 rings (SSSR count).